The van der Waals surface area contributed by atoms with Gasteiger partial charge in [-0.3, -0.25) is 9.35 Å². The van der Waals surface area contributed by atoms with Gasteiger partial charge in [-0.15, -0.1) is 0 Å². The van der Waals surface area contributed by atoms with Crippen molar-refractivity contribution in [2.45, 2.75) is 223 Å². The maximum atomic E-state index is 13.1. The summed E-state index contributed by atoms with van der Waals surface area (Å²) in [5.41, 5.74) is 0. The van der Waals surface area contributed by atoms with Crippen molar-refractivity contribution >= 4 is 16.3 Å². The molecule has 1 rings (SSSR count). The predicted molar refractivity (Wildman–Crippen MR) is 247 cm³/mol. The molecule has 62 heavy (non-hydrogen) atoms. The molecule has 360 valence electrons. The Balaban J connectivity index is 2.52. The summed E-state index contributed by atoms with van der Waals surface area (Å²) in [7, 11) is -5.13. The summed E-state index contributed by atoms with van der Waals surface area (Å²) in [6.45, 7) is 3.10. The van der Waals surface area contributed by atoms with E-state index in [-0.39, 0.29) is 6.42 Å². The summed E-state index contributed by atoms with van der Waals surface area (Å²) in [5, 5.41) is 55.1. The third-order valence-electron chi connectivity index (χ3n) is 10.8. The van der Waals surface area contributed by atoms with E-state index in [1.807, 2.05) is 0 Å². The van der Waals surface area contributed by atoms with Crippen LogP contribution in [0.1, 0.15) is 174 Å². The average molecular weight is 900 g/mol. The lowest BCUT2D eigenvalue weighted by molar-refractivity contribution is -0.298. The molecule has 0 aliphatic carbocycles. The molecule has 1 aliphatic heterocycles. The lowest BCUT2D eigenvalue weighted by Crippen LogP contribution is -2.61. The highest BCUT2D eigenvalue weighted by molar-refractivity contribution is 7.80. The van der Waals surface area contributed by atoms with Crippen molar-refractivity contribution in [1.29, 1.82) is 0 Å². The predicted octanol–water partition coefficient (Wildman–Crippen LogP) is 8.41. The van der Waals surface area contributed by atoms with Crippen LogP contribution in [0.3, 0.4) is 0 Å². The van der Waals surface area contributed by atoms with Crippen molar-refractivity contribution in [2.75, 3.05) is 13.2 Å². The third-order valence-corrected chi connectivity index (χ3v) is 11.3. The Bertz CT molecular complexity index is 1350. The first-order valence-corrected chi connectivity index (χ1v) is 25.1. The minimum atomic E-state index is -5.13. The van der Waals surface area contributed by atoms with Gasteiger partial charge in [-0.1, -0.05) is 164 Å². The van der Waals surface area contributed by atoms with Gasteiger partial charge in [-0.05, 0) is 70.6 Å². The Morgan fingerprint density at radius 3 is 1.69 bits per heavy atom. The lowest BCUT2D eigenvalue weighted by atomic mass is 9.99. The topological polar surface area (TPSA) is 212 Å². The molecule has 8 unspecified atom stereocenters. The summed E-state index contributed by atoms with van der Waals surface area (Å²) in [6.07, 6.45) is 36.1. The minimum absolute atomic E-state index is 0.219. The molecule has 1 fully saturated rings. The summed E-state index contributed by atoms with van der Waals surface area (Å²) in [6, 6.07) is -1.15. The zero-order valence-electron chi connectivity index (χ0n) is 38.0. The Morgan fingerprint density at radius 1 is 0.661 bits per heavy atom. The van der Waals surface area contributed by atoms with Crippen LogP contribution in [0.5, 0.6) is 0 Å². The van der Waals surface area contributed by atoms with E-state index < -0.39 is 78.5 Å². The molecule has 0 aromatic rings. The first-order valence-electron chi connectivity index (χ1n) is 23.8. The quantitative estimate of drug-likeness (QED) is 0.0176. The van der Waals surface area contributed by atoms with Crippen molar-refractivity contribution in [3.05, 3.63) is 60.8 Å². The van der Waals surface area contributed by atoms with E-state index >= 15 is 0 Å². The van der Waals surface area contributed by atoms with Crippen molar-refractivity contribution in [3.63, 3.8) is 0 Å². The van der Waals surface area contributed by atoms with Gasteiger partial charge in [-0.25, -0.2) is 4.18 Å². The van der Waals surface area contributed by atoms with Crippen LogP contribution in [0.2, 0.25) is 0 Å². The van der Waals surface area contributed by atoms with Gasteiger partial charge in [0, 0.05) is 0 Å². The smallest absolute Gasteiger partial charge is 0.394 e. The van der Waals surface area contributed by atoms with Gasteiger partial charge in [0.2, 0.25) is 5.91 Å². The molecule has 0 saturated carbocycles. The van der Waals surface area contributed by atoms with E-state index in [0.717, 1.165) is 77.0 Å². The number of hydrogen-bond donors (Lipinski definition) is 7. The third kappa shape index (κ3) is 30.0. The molecule has 1 amide bonds. The van der Waals surface area contributed by atoms with Gasteiger partial charge in [0.25, 0.3) is 0 Å². The minimum Gasteiger partial charge on any atom is -0.394 e. The van der Waals surface area contributed by atoms with E-state index in [2.05, 4.69) is 72.0 Å². The number of aliphatic hydroxyl groups is 5. The van der Waals surface area contributed by atoms with Crippen molar-refractivity contribution in [2.24, 2.45) is 0 Å². The Hall–Kier alpha value is -2.24. The number of hydrogen-bond acceptors (Lipinski definition) is 11. The first-order chi connectivity index (χ1) is 29.9. The fourth-order valence-electron chi connectivity index (χ4n) is 7.06. The number of ether oxygens (including phenoxy) is 2. The highest BCUT2D eigenvalue weighted by Crippen LogP contribution is 2.26. The molecule has 8 atom stereocenters. The van der Waals surface area contributed by atoms with E-state index in [1.165, 1.54) is 70.3 Å². The Kier molecular flexibility index (Phi) is 35.5. The van der Waals surface area contributed by atoms with Crippen LogP contribution in [-0.2, 0) is 28.9 Å². The largest absolute Gasteiger partial charge is 0.397 e. The van der Waals surface area contributed by atoms with Crippen molar-refractivity contribution in [3.8, 4) is 0 Å². The SMILES string of the molecule is CCC/C=C/CC/C=C/CC/C=C/C(O)C(COC1OC(CO)C(O)C(OS(=O)(=O)O)C1O)NC(=O)C(O)CCCCCCCC/C=C\C/C=C\CCCCCCCCCCC. The van der Waals surface area contributed by atoms with E-state index in [0.29, 0.717) is 12.8 Å². The average Bonchev–Trinajstić information content (AvgIpc) is 3.24. The first kappa shape index (κ1) is 57.8. The normalized spacial score (nSPS) is 21.6. The van der Waals surface area contributed by atoms with E-state index in [9.17, 15) is 38.7 Å². The van der Waals surface area contributed by atoms with E-state index in [4.69, 9.17) is 14.0 Å². The summed E-state index contributed by atoms with van der Waals surface area (Å²) < 4.78 is 47.4. The second-order valence-electron chi connectivity index (χ2n) is 16.5. The van der Waals surface area contributed by atoms with Crippen LogP contribution >= 0.6 is 0 Å². The van der Waals surface area contributed by atoms with Gasteiger partial charge in [-0.2, -0.15) is 8.42 Å². The summed E-state index contributed by atoms with van der Waals surface area (Å²) in [5.74, 6) is -0.728. The molecule has 13 nitrogen and oxygen atoms in total. The molecule has 14 heteroatoms. The Morgan fingerprint density at radius 2 is 1.16 bits per heavy atom. The monoisotopic (exact) mass is 900 g/mol. The maximum Gasteiger partial charge on any atom is 0.397 e. The lowest BCUT2D eigenvalue weighted by Gasteiger charge is -2.41. The van der Waals surface area contributed by atoms with Crippen LogP contribution < -0.4 is 5.32 Å². The highest BCUT2D eigenvalue weighted by Gasteiger charge is 2.48. The number of unbranched alkanes of at least 4 members (excludes halogenated alkanes) is 18. The van der Waals surface area contributed by atoms with Gasteiger partial charge in [0.1, 0.15) is 30.5 Å². The van der Waals surface area contributed by atoms with Gasteiger partial charge in [0.05, 0.1) is 25.4 Å². The number of nitrogens with one attached hydrogen (secondary N) is 1. The standard InChI is InChI=1S/C48H85NO12S/c1-3-5-7-9-11-13-15-16-17-18-19-20-21-22-23-24-25-27-29-31-33-35-37-42(52)47(55)49-40(41(51)36-34-32-30-28-26-14-12-10-8-6-4-2)39-59-48-45(54)46(61-62(56,57)58)44(53)43(38-50)60-48/h8,10,19-20,22-23,26,28,34,36,40-46,48,50-54H,3-7,9,11-18,21,24-25,27,29-33,35,37-39H2,1-2H3,(H,49,55)(H,56,57,58)/b10-8+,20-19-,23-22-,28-26+,36-34+. The fraction of sp³-hybridized carbons (Fsp3) is 0.771. The Labute approximate surface area is 374 Å². The van der Waals surface area contributed by atoms with E-state index in [1.54, 1.807) is 6.08 Å². The van der Waals surface area contributed by atoms with Crippen LogP contribution in [0.15, 0.2) is 60.8 Å². The molecule has 0 aromatic heterocycles. The second-order valence-corrected chi connectivity index (χ2v) is 17.5. The molecule has 0 spiro atoms. The highest BCUT2D eigenvalue weighted by atomic mass is 32.3. The van der Waals surface area contributed by atoms with Crippen molar-refractivity contribution in [1.82, 2.24) is 5.32 Å². The van der Waals surface area contributed by atoms with Crippen LogP contribution in [0.4, 0.5) is 0 Å². The molecule has 0 aromatic carbocycles. The summed E-state index contributed by atoms with van der Waals surface area (Å²) in [4.78, 5) is 13.1. The van der Waals surface area contributed by atoms with Gasteiger partial charge < -0.3 is 40.3 Å². The number of rotatable bonds is 39. The van der Waals surface area contributed by atoms with Crippen LogP contribution in [-0.4, -0.2) is 107 Å². The molecular weight excluding hydrogens is 815 g/mol. The zero-order chi connectivity index (χ0) is 45.7. The van der Waals surface area contributed by atoms with Gasteiger partial charge >= 0.3 is 10.4 Å². The zero-order valence-corrected chi connectivity index (χ0v) is 38.8. The molecule has 1 saturated heterocycles. The summed E-state index contributed by atoms with van der Waals surface area (Å²) >= 11 is 0. The fourth-order valence-corrected chi connectivity index (χ4v) is 7.57. The molecule has 1 heterocycles. The molecule has 0 radical (unpaired) electrons. The van der Waals surface area contributed by atoms with Crippen LogP contribution in [0, 0.1) is 0 Å². The number of amides is 1. The second kappa shape index (κ2) is 38.1. The van der Waals surface area contributed by atoms with Crippen molar-refractivity contribution < 1.29 is 57.0 Å². The number of carbonyl (C=O) groups excluding carboxylic acids is 1. The molecule has 1 aliphatic rings. The number of allylic oxidation sites excluding steroid dienone is 9. The molecule has 0 bridgehead atoms. The van der Waals surface area contributed by atoms with Gasteiger partial charge in [0.15, 0.2) is 6.29 Å². The van der Waals surface area contributed by atoms with Crippen LogP contribution in [0.25, 0.3) is 0 Å². The number of carbonyl (C=O) groups is 1. The number of aliphatic hydroxyl groups excluding tert-OH is 5. The maximum absolute atomic E-state index is 13.1. The molecular formula is C48H85NO12S. The molecule has 7 N–H and O–H groups in total.